The Bertz CT molecular complexity index is 148. The predicted molar refractivity (Wildman–Crippen MR) is 37.9 cm³/mol. The number of hydrogen-bond acceptors (Lipinski definition) is 2. The van der Waals surface area contributed by atoms with Crippen molar-refractivity contribution in [2.24, 2.45) is 0 Å². The van der Waals surface area contributed by atoms with Gasteiger partial charge in [0.25, 0.3) is 0 Å². The van der Waals surface area contributed by atoms with Crippen LogP contribution in [0.5, 0.6) is 0 Å². The summed E-state index contributed by atoms with van der Waals surface area (Å²) in [7, 11) is 1.80. The number of halogens is 3. The molecule has 0 aromatic rings. The molecule has 0 saturated carbocycles. The van der Waals surface area contributed by atoms with Crippen molar-refractivity contribution in [1.29, 1.82) is 0 Å². The van der Waals surface area contributed by atoms with Crippen LogP contribution in [0.2, 0.25) is 0 Å². The van der Waals surface area contributed by atoms with E-state index in [1.54, 1.807) is 7.05 Å². The van der Waals surface area contributed by atoms with E-state index in [0.717, 1.165) is 0 Å². The van der Waals surface area contributed by atoms with Crippen molar-refractivity contribution >= 4 is 0 Å². The fourth-order valence-electron chi connectivity index (χ4n) is 1.25. The Morgan fingerprint density at radius 3 is 2.67 bits per heavy atom. The van der Waals surface area contributed by atoms with Crippen LogP contribution in [-0.4, -0.2) is 43.9 Å². The van der Waals surface area contributed by atoms with E-state index in [1.165, 1.54) is 0 Å². The number of hydrogen-bond donors (Lipinski definition) is 0. The van der Waals surface area contributed by atoms with Gasteiger partial charge in [-0.2, -0.15) is 13.2 Å². The van der Waals surface area contributed by atoms with Gasteiger partial charge in [-0.1, -0.05) is 0 Å². The van der Waals surface area contributed by atoms with E-state index >= 15 is 0 Å². The fraction of sp³-hybridized carbons (Fsp3) is 1.00. The molecule has 0 bridgehead atoms. The van der Waals surface area contributed by atoms with Crippen LogP contribution < -0.4 is 0 Å². The van der Waals surface area contributed by atoms with E-state index in [9.17, 15) is 13.2 Å². The number of rotatable bonds is 1. The van der Waals surface area contributed by atoms with E-state index in [0.29, 0.717) is 19.7 Å². The van der Waals surface area contributed by atoms with Crippen LogP contribution in [0.25, 0.3) is 0 Å². The number of alkyl halides is 3. The Balaban J connectivity index is 2.32. The molecule has 1 rings (SSSR count). The molecular weight excluding hydrogens is 171 g/mol. The van der Waals surface area contributed by atoms with Crippen molar-refractivity contribution < 1.29 is 17.9 Å². The second kappa shape index (κ2) is 3.62. The Hall–Kier alpha value is -0.290. The highest BCUT2D eigenvalue weighted by molar-refractivity contribution is 4.71. The minimum atomic E-state index is -4.11. The molecule has 0 amide bonds. The Labute approximate surface area is 69.3 Å². The van der Waals surface area contributed by atoms with Gasteiger partial charge in [-0.15, -0.1) is 0 Å². The summed E-state index contributed by atoms with van der Waals surface area (Å²) in [6.45, 7) is 1.49. The number of nitrogens with zero attached hydrogens (tertiary/aromatic N) is 1. The van der Waals surface area contributed by atoms with Crippen LogP contribution >= 0.6 is 0 Å². The van der Waals surface area contributed by atoms with Crippen LogP contribution in [0.1, 0.15) is 6.42 Å². The summed E-state index contributed by atoms with van der Waals surface area (Å²) in [5, 5.41) is 0. The monoisotopic (exact) mass is 183 g/mol. The largest absolute Gasteiger partial charge is 0.391 e. The van der Waals surface area contributed by atoms with Gasteiger partial charge in [0.05, 0.1) is 19.1 Å². The zero-order valence-corrected chi connectivity index (χ0v) is 6.90. The first-order chi connectivity index (χ1) is 5.47. The molecule has 1 unspecified atom stereocenters. The van der Waals surface area contributed by atoms with Gasteiger partial charge in [0.2, 0.25) is 0 Å². The lowest BCUT2D eigenvalue weighted by molar-refractivity contribution is -0.169. The van der Waals surface area contributed by atoms with Crippen LogP contribution in [0, 0.1) is 0 Å². The first kappa shape index (κ1) is 9.80. The van der Waals surface area contributed by atoms with Gasteiger partial charge < -0.3 is 9.64 Å². The molecule has 1 aliphatic heterocycles. The van der Waals surface area contributed by atoms with Gasteiger partial charge >= 0.3 is 6.18 Å². The molecule has 0 radical (unpaired) electrons. The van der Waals surface area contributed by atoms with Gasteiger partial charge in [-0.05, 0) is 7.05 Å². The van der Waals surface area contributed by atoms with Crippen LogP contribution in [-0.2, 0) is 4.74 Å². The third kappa shape index (κ3) is 3.40. The molecule has 2 nitrogen and oxygen atoms in total. The Morgan fingerprint density at radius 1 is 1.50 bits per heavy atom. The van der Waals surface area contributed by atoms with Gasteiger partial charge in [-0.3, -0.25) is 0 Å². The SMILES string of the molecule is CN1CCOC(CC(F)(F)F)C1. The summed E-state index contributed by atoms with van der Waals surface area (Å²) in [4.78, 5) is 1.85. The molecule has 0 aromatic heterocycles. The summed E-state index contributed by atoms with van der Waals surface area (Å²) < 4.78 is 40.6. The average Bonchev–Trinajstić information content (AvgIpc) is 1.82. The standard InChI is InChI=1S/C7H12F3NO/c1-11-2-3-12-6(5-11)4-7(8,9)10/h6H,2-5H2,1H3. The lowest BCUT2D eigenvalue weighted by atomic mass is 10.2. The molecule has 0 aliphatic carbocycles. The first-order valence-corrected chi connectivity index (χ1v) is 3.84. The summed E-state index contributed by atoms with van der Waals surface area (Å²) in [5.41, 5.74) is 0. The molecule has 1 aliphatic rings. The van der Waals surface area contributed by atoms with Crippen LogP contribution in [0.3, 0.4) is 0 Å². The summed E-state index contributed by atoms with van der Waals surface area (Å²) in [5.74, 6) is 0. The maximum atomic E-state index is 11.9. The molecule has 1 saturated heterocycles. The van der Waals surface area contributed by atoms with Crippen molar-refractivity contribution in [3.8, 4) is 0 Å². The van der Waals surface area contributed by atoms with E-state index in [1.807, 2.05) is 4.90 Å². The van der Waals surface area contributed by atoms with Gasteiger partial charge in [0.1, 0.15) is 0 Å². The molecule has 0 N–H and O–H groups in total. The Morgan fingerprint density at radius 2 is 2.17 bits per heavy atom. The molecule has 0 aromatic carbocycles. The van der Waals surface area contributed by atoms with Gasteiger partial charge in [0.15, 0.2) is 0 Å². The van der Waals surface area contributed by atoms with Crippen molar-refractivity contribution in [3.63, 3.8) is 0 Å². The van der Waals surface area contributed by atoms with E-state index in [4.69, 9.17) is 4.74 Å². The van der Waals surface area contributed by atoms with Crippen LogP contribution in [0.4, 0.5) is 13.2 Å². The first-order valence-electron chi connectivity index (χ1n) is 3.84. The van der Waals surface area contributed by atoms with Crippen molar-refractivity contribution in [2.45, 2.75) is 18.7 Å². The molecule has 1 heterocycles. The summed E-state index contributed by atoms with van der Waals surface area (Å²) in [6.07, 6.45) is -5.62. The molecule has 12 heavy (non-hydrogen) atoms. The van der Waals surface area contributed by atoms with E-state index < -0.39 is 18.7 Å². The minimum absolute atomic E-state index is 0.375. The molecule has 72 valence electrons. The zero-order chi connectivity index (χ0) is 9.19. The highest BCUT2D eigenvalue weighted by atomic mass is 19.4. The molecule has 1 atom stereocenters. The maximum absolute atomic E-state index is 11.9. The number of likely N-dealkylation sites (N-methyl/N-ethyl adjacent to an activating group) is 1. The molecule has 1 fully saturated rings. The normalized spacial score (nSPS) is 27.5. The van der Waals surface area contributed by atoms with Crippen molar-refractivity contribution in [2.75, 3.05) is 26.7 Å². The van der Waals surface area contributed by atoms with E-state index in [-0.39, 0.29) is 0 Å². The third-order valence-electron chi connectivity index (χ3n) is 1.80. The summed E-state index contributed by atoms with van der Waals surface area (Å²) >= 11 is 0. The highest BCUT2D eigenvalue weighted by Crippen LogP contribution is 2.24. The lowest BCUT2D eigenvalue weighted by Gasteiger charge is -2.30. The maximum Gasteiger partial charge on any atom is 0.391 e. The predicted octanol–water partition coefficient (Wildman–Crippen LogP) is 1.27. The fourth-order valence-corrected chi connectivity index (χ4v) is 1.25. The topological polar surface area (TPSA) is 12.5 Å². The van der Waals surface area contributed by atoms with Crippen LogP contribution in [0.15, 0.2) is 0 Å². The number of ether oxygens (including phenoxy) is 1. The smallest absolute Gasteiger partial charge is 0.375 e. The lowest BCUT2D eigenvalue weighted by Crippen LogP contribution is -2.41. The van der Waals surface area contributed by atoms with E-state index in [2.05, 4.69) is 0 Å². The van der Waals surface area contributed by atoms with Gasteiger partial charge in [0, 0.05) is 13.1 Å². The zero-order valence-electron chi connectivity index (χ0n) is 6.90. The second-order valence-corrected chi connectivity index (χ2v) is 3.07. The Kier molecular flexibility index (Phi) is 2.95. The highest BCUT2D eigenvalue weighted by Gasteiger charge is 2.33. The number of morpholine rings is 1. The molecule has 5 heteroatoms. The summed E-state index contributed by atoms with van der Waals surface area (Å²) in [6, 6.07) is 0. The molecular formula is C7H12F3NO. The average molecular weight is 183 g/mol. The third-order valence-corrected chi connectivity index (χ3v) is 1.80. The minimum Gasteiger partial charge on any atom is -0.375 e. The second-order valence-electron chi connectivity index (χ2n) is 3.07. The quantitative estimate of drug-likeness (QED) is 0.607. The molecule has 0 spiro atoms. The van der Waals surface area contributed by atoms with Crippen molar-refractivity contribution in [1.82, 2.24) is 4.90 Å². The van der Waals surface area contributed by atoms with Gasteiger partial charge in [-0.25, -0.2) is 0 Å². The van der Waals surface area contributed by atoms with Crippen molar-refractivity contribution in [3.05, 3.63) is 0 Å².